The van der Waals surface area contributed by atoms with Crippen LogP contribution in [0.4, 0.5) is 5.13 Å². The average molecular weight is 250 g/mol. The van der Waals surface area contributed by atoms with Crippen molar-refractivity contribution >= 4 is 28.9 Å². The quantitative estimate of drug-likeness (QED) is 0.879. The number of nitrogens with two attached hydrogens (primary N) is 1. The van der Waals surface area contributed by atoms with Crippen LogP contribution in [0.5, 0.6) is 0 Å². The van der Waals surface area contributed by atoms with Gasteiger partial charge in [0, 0.05) is 30.3 Å². The third-order valence-corrected chi connectivity index (χ3v) is 3.32. The molecule has 0 bridgehead atoms. The molecule has 0 radical (unpaired) electrons. The lowest BCUT2D eigenvalue weighted by Gasteiger charge is -2.21. The molecule has 0 saturated carbocycles. The number of hydrogen-bond donors (Lipinski definition) is 1. The highest BCUT2D eigenvalue weighted by Crippen LogP contribution is 2.19. The molecule has 1 atom stereocenters. The number of ether oxygens (including phenoxy) is 1. The number of nitrogens with zero attached hydrogens (tertiary/aromatic N) is 2. The Bertz CT molecular complexity index is 301. The Balaban J connectivity index is 0.00000112. The lowest BCUT2D eigenvalue weighted by Crippen LogP contribution is -2.31. The van der Waals surface area contributed by atoms with Crippen LogP contribution in [0.2, 0.25) is 0 Å². The van der Waals surface area contributed by atoms with Crippen LogP contribution in [0.1, 0.15) is 11.3 Å². The monoisotopic (exact) mass is 249 g/mol. The second kappa shape index (κ2) is 5.65. The zero-order valence-electron chi connectivity index (χ0n) is 8.68. The maximum atomic E-state index is 5.57. The van der Waals surface area contributed by atoms with Crippen LogP contribution in [-0.4, -0.2) is 36.2 Å². The normalized spacial score (nSPS) is 20.5. The van der Waals surface area contributed by atoms with Crippen LogP contribution in [0.3, 0.4) is 0 Å². The summed E-state index contributed by atoms with van der Waals surface area (Å²) < 4.78 is 5.34. The van der Waals surface area contributed by atoms with E-state index in [4.69, 9.17) is 10.5 Å². The van der Waals surface area contributed by atoms with Gasteiger partial charge in [-0.25, -0.2) is 4.98 Å². The molecule has 86 valence electrons. The lowest BCUT2D eigenvalue weighted by atomic mass is 10.2. The van der Waals surface area contributed by atoms with Crippen LogP contribution >= 0.6 is 23.7 Å². The molecule has 4 nitrogen and oxygen atoms in total. The van der Waals surface area contributed by atoms with Crippen molar-refractivity contribution in [2.45, 2.75) is 19.0 Å². The molecule has 2 rings (SSSR count). The number of rotatable bonds is 3. The van der Waals surface area contributed by atoms with Gasteiger partial charge in [-0.05, 0) is 13.5 Å². The Kier molecular flexibility index (Phi) is 4.79. The highest BCUT2D eigenvalue weighted by molar-refractivity contribution is 7.15. The van der Waals surface area contributed by atoms with E-state index in [0.29, 0.717) is 11.2 Å². The average Bonchev–Trinajstić information content (AvgIpc) is 2.75. The van der Waals surface area contributed by atoms with Gasteiger partial charge in [-0.15, -0.1) is 23.7 Å². The summed E-state index contributed by atoms with van der Waals surface area (Å²) in [6.07, 6.45) is 2.98. The Hall–Kier alpha value is -0.360. The van der Waals surface area contributed by atoms with Crippen molar-refractivity contribution in [2.24, 2.45) is 0 Å². The predicted molar refractivity (Wildman–Crippen MR) is 64.5 cm³/mol. The molecule has 1 aromatic rings. The van der Waals surface area contributed by atoms with Gasteiger partial charge in [0.15, 0.2) is 5.13 Å². The number of anilines is 1. The summed E-state index contributed by atoms with van der Waals surface area (Å²) in [4.78, 5) is 7.56. The molecule has 6 heteroatoms. The number of aromatic nitrogens is 1. The molecule has 0 spiro atoms. The van der Waals surface area contributed by atoms with Crippen molar-refractivity contribution in [1.29, 1.82) is 0 Å². The molecule has 1 aromatic heterocycles. The number of hydrogen-bond acceptors (Lipinski definition) is 5. The Morgan fingerprint density at radius 3 is 3.07 bits per heavy atom. The largest absolute Gasteiger partial charge is 0.380 e. The molecule has 2 heterocycles. The predicted octanol–water partition coefficient (Wildman–Crippen LogP) is 1.37. The Labute approximate surface area is 99.8 Å². The molecular weight excluding hydrogens is 234 g/mol. The third-order valence-electron chi connectivity index (χ3n) is 2.51. The van der Waals surface area contributed by atoms with Crippen molar-refractivity contribution in [3.8, 4) is 0 Å². The molecule has 1 fully saturated rings. The highest BCUT2D eigenvalue weighted by atomic mass is 35.5. The molecule has 1 saturated heterocycles. The Morgan fingerprint density at radius 2 is 2.53 bits per heavy atom. The van der Waals surface area contributed by atoms with E-state index >= 15 is 0 Å². The van der Waals surface area contributed by atoms with E-state index in [2.05, 4.69) is 16.9 Å². The van der Waals surface area contributed by atoms with Crippen LogP contribution < -0.4 is 5.73 Å². The first kappa shape index (κ1) is 12.7. The fourth-order valence-corrected chi connectivity index (χ4v) is 2.39. The first-order valence-corrected chi connectivity index (χ1v) is 5.55. The van der Waals surface area contributed by atoms with Gasteiger partial charge < -0.3 is 10.5 Å². The molecule has 0 amide bonds. The van der Waals surface area contributed by atoms with Crippen molar-refractivity contribution in [1.82, 2.24) is 9.88 Å². The summed E-state index contributed by atoms with van der Waals surface area (Å²) >= 11 is 1.56. The maximum Gasteiger partial charge on any atom is 0.180 e. The maximum absolute atomic E-state index is 5.57. The minimum atomic E-state index is 0. The SMILES string of the molecule is CN(Cc1cnc(N)s1)C1CCOC1.Cl. The molecule has 1 aliphatic rings. The molecule has 1 unspecified atom stereocenters. The van der Waals surface area contributed by atoms with Gasteiger partial charge in [0.1, 0.15) is 0 Å². The van der Waals surface area contributed by atoms with Crippen LogP contribution in [0, 0.1) is 0 Å². The first-order chi connectivity index (χ1) is 6.75. The standard InChI is InChI=1S/C9H15N3OS.ClH/c1-12(7-2-3-13-6-7)5-8-4-11-9(10)14-8;/h4,7H,2-3,5-6H2,1H3,(H2,10,11);1H. The Morgan fingerprint density at radius 1 is 1.73 bits per heavy atom. The van der Waals surface area contributed by atoms with Crippen molar-refractivity contribution < 1.29 is 4.74 Å². The first-order valence-electron chi connectivity index (χ1n) is 4.74. The molecule has 1 aliphatic heterocycles. The van der Waals surface area contributed by atoms with Gasteiger partial charge in [-0.2, -0.15) is 0 Å². The van der Waals surface area contributed by atoms with Crippen molar-refractivity contribution in [3.63, 3.8) is 0 Å². The van der Waals surface area contributed by atoms with Gasteiger partial charge in [0.2, 0.25) is 0 Å². The smallest absolute Gasteiger partial charge is 0.180 e. The fraction of sp³-hybridized carbons (Fsp3) is 0.667. The van der Waals surface area contributed by atoms with Gasteiger partial charge >= 0.3 is 0 Å². The van der Waals surface area contributed by atoms with Gasteiger partial charge in [0.05, 0.1) is 6.61 Å². The second-order valence-corrected chi connectivity index (χ2v) is 4.74. The summed E-state index contributed by atoms with van der Waals surface area (Å²) in [6, 6.07) is 0.554. The summed E-state index contributed by atoms with van der Waals surface area (Å²) in [5.41, 5.74) is 5.57. The molecule has 2 N–H and O–H groups in total. The minimum absolute atomic E-state index is 0. The highest BCUT2D eigenvalue weighted by Gasteiger charge is 2.20. The van der Waals surface area contributed by atoms with E-state index in [0.717, 1.165) is 26.2 Å². The van der Waals surface area contributed by atoms with E-state index in [9.17, 15) is 0 Å². The molecule has 15 heavy (non-hydrogen) atoms. The van der Waals surface area contributed by atoms with Crippen molar-refractivity contribution in [3.05, 3.63) is 11.1 Å². The zero-order chi connectivity index (χ0) is 9.97. The lowest BCUT2D eigenvalue weighted by molar-refractivity contribution is 0.157. The molecule has 0 aromatic carbocycles. The molecular formula is C9H16ClN3OS. The van der Waals surface area contributed by atoms with Gasteiger partial charge in [-0.1, -0.05) is 0 Å². The van der Waals surface area contributed by atoms with Gasteiger partial charge in [0.25, 0.3) is 0 Å². The summed E-state index contributed by atoms with van der Waals surface area (Å²) in [7, 11) is 2.12. The minimum Gasteiger partial charge on any atom is -0.380 e. The second-order valence-electron chi connectivity index (χ2n) is 3.60. The van der Waals surface area contributed by atoms with Crippen LogP contribution in [0.25, 0.3) is 0 Å². The fourth-order valence-electron chi connectivity index (χ4n) is 1.64. The third kappa shape index (κ3) is 3.31. The summed E-state index contributed by atoms with van der Waals surface area (Å²) in [5, 5.41) is 0.649. The van der Waals surface area contributed by atoms with E-state index in [1.165, 1.54) is 4.88 Å². The van der Waals surface area contributed by atoms with E-state index < -0.39 is 0 Å². The van der Waals surface area contributed by atoms with Crippen molar-refractivity contribution in [2.75, 3.05) is 26.0 Å². The number of likely N-dealkylation sites (N-methyl/N-ethyl adjacent to an activating group) is 1. The summed E-state index contributed by atoms with van der Waals surface area (Å²) in [6.45, 7) is 2.66. The van der Waals surface area contributed by atoms with E-state index in [-0.39, 0.29) is 12.4 Å². The topological polar surface area (TPSA) is 51.4 Å². The summed E-state index contributed by atoms with van der Waals surface area (Å²) in [5.74, 6) is 0. The van der Waals surface area contributed by atoms with E-state index in [1.807, 2.05) is 6.20 Å². The number of thiazole rings is 1. The van der Waals surface area contributed by atoms with Crippen LogP contribution in [0.15, 0.2) is 6.20 Å². The number of nitrogen functional groups attached to an aromatic ring is 1. The van der Waals surface area contributed by atoms with E-state index in [1.54, 1.807) is 11.3 Å². The molecule has 0 aliphatic carbocycles. The van der Waals surface area contributed by atoms with Gasteiger partial charge in [-0.3, -0.25) is 4.90 Å². The number of halogens is 1. The zero-order valence-corrected chi connectivity index (χ0v) is 10.3. The van der Waals surface area contributed by atoms with Crippen LogP contribution in [-0.2, 0) is 11.3 Å².